The summed E-state index contributed by atoms with van der Waals surface area (Å²) in [6, 6.07) is 8.79. The molecule has 0 fully saturated rings. The second kappa shape index (κ2) is 4.20. The van der Waals surface area contributed by atoms with Crippen LogP contribution in [0.5, 0.6) is 0 Å². The van der Waals surface area contributed by atoms with Crippen molar-refractivity contribution in [1.82, 2.24) is 0 Å². The van der Waals surface area contributed by atoms with Gasteiger partial charge < -0.3 is 0 Å². The van der Waals surface area contributed by atoms with Gasteiger partial charge in [0.2, 0.25) is 0 Å². The van der Waals surface area contributed by atoms with Crippen molar-refractivity contribution in [2.45, 2.75) is 11.8 Å². The molecule has 3 heteroatoms. The summed E-state index contributed by atoms with van der Waals surface area (Å²) in [7, 11) is 0. The molecule has 0 bridgehead atoms. The number of ketones is 1. The second-order valence-corrected chi connectivity index (χ2v) is 4.01. The van der Waals surface area contributed by atoms with Gasteiger partial charge in [0, 0.05) is 5.56 Å². The van der Waals surface area contributed by atoms with Crippen molar-refractivity contribution in [2.24, 2.45) is 0 Å². The first-order valence-corrected chi connectivity index (χ1v) is 4.76. The molecule has 66 valence electrons. The fraction of sp³-hybridized carbons (Fsp3) is 0.200. The Morgan fingerprint density at radius 3 is 2.69 bits per heavy atom. The zero-order chi connectivity index (χ0) is 9.84. The molecule has 0 heterocycles. The van der Waals surface area contributed by atoms with Gasteiger partial charge in [-0.25, -0.2) is 0 Å². The number of hydrogen-bond acceptors (Lipinski definition) is 2. The number of alkyl halides is 1. The summed E-state index contributed by atoms with van der Waals surface area (Å²) in [5.74, 6) is -0.0582. The van der Waals surface area contributed by atoms with Crippen LogP contribution in [0.3, 0.4) is 0 Å². The van der Waals surface area contributed by atoms with Gasteiger partial charge in [-0.15, -0.1) is 0 Å². The molecule has 0 spiro atoms. The molecule has 0 aliphatic carbocycles. The predicted octanol–water partition coefficient (Wildman–Crippen LogP) is 2.52. The van der Waals surface area contributed by atoms with Crippen LogP contribution in [0.25, 0.3) is 0 Å². The van der Waals surface area contributed by atoms with Crippen molar-refractivity contribution in [3.05, 3.63) is 35.4 Å². The van der Waals surface area contributed by atoms with E-state index in [1.807, 2.05) is 6.07 Å². The number of carbonyl (C=O) groups excluding carboxylic acids is 1. The van der Waals surface area contributed by atoms with E-state index in [1.165, 1.54) is 0 Å². The van der Waals surface area contributed by atoms with E-state index < -0.39 is 0 Å². The first-order valence-electron chi connectivity index (χ1n) is 3.84. The summed E-state index contributed by atoms with van der Waals surface area (Å²) in [6.45, 7) is 1.75. The zero-order valence-electron chi connectivity index (χ0n) is 7.12. The monoisotopic (exact) mass is 237 g/mol. The van der Waals surface area contributed by atoms with Crippen LogP contribution < -0.4 is 0 Å². The van der Waals surface area contributed by atoms with Crippen LogP contribution in [0, 0.1) is 11.3 Å². The van der Waals surface area contributed by atoms with Gasteiger partial charge in [0.05, 0.1) is 16.5 Å². The molecular weight excluding hydrogens is 230 g/mol. The number of halogens is 1. The van der Waals surface area contributed by atoms with Gasteiger partial charge >= 0.3 is 0 Å². The van der Waals surface area contributed by atoms with E-state index in [2.05, 4.69) is 15.9 Å². The normalized spacial score (nSPS) is 11.8. The Balaban J connectivity index is 3.15. The minimum absolute atomic E-state index is 0.0582. The Labute approximate surface area is 85.3 Å². The van der Waals surface area contributed by atoms with Crippen LogP contribution in [0.4, 0.5) is 0 Å². The first kappa shape index (κ1) is 9.94. The molecular formula is C10H8BrNO. The number of benzene rings is 1. The van der Waals surface area contributed by atoms with E-state index in [-0.39, 0.29) is 10.6 Å². The van der Waals surface area contributed by atoms with Crippen molar-refractivity contribution in [3.63, 3.8) is 0 Å². The molecule has 0 N–H and O–H groups in total. The standard InChI is InChI=1S/C10H8BrNO/c1-7(11)10(13)9-5-3-2-4-8(9)6-12/h2-5,7H,1H3. The summed E-state index contributed by atoms with van der Waals surface area (Å²) in [6.07, 6.45) is 0. The third-order valence-electron chi connectivity index (χ3n) is 1.67. The molecule has 0 aliphatic rings. The molecule has 0 aromatic heterocycles. The molecule has 2 nitrogen and oxygen atoms in total. The lowest BCUT2D eigenvalue weighted by Crippen LogP contribution is -2.11. The molecule has 0 amide bonds. The van der Waals surface area contributed by atoms with Crippen LogP contribution in [-0.2, 0) is 0 Å². The Morgan fingerprint density at radius 1 is 1.54 bits per heavy atom. The second-order valence-electron chi connectivity index (χ2n) is 2.64. The predicted molar refractivity (Wildman–Crippen MR) is 53.9 cm³/mol. The topological polar surface area (TPSA) is 40.9 Å². The Bertz CT molecular complexity index is 365. The minimum Gasteiger partial charge on any atom is -0.293 e. The molecule has 1 atom stereocenters. The third-order valence-corrected chi connectivity index (χ3v) is 2.09. The molecule has 13 heavy (non-hydrogen) atoms. The number of nitriles is 1. The molecule has 0 saturated carbocycles. The van der Waals surface area contributed by atoms with E-state index >= 15 is 0 Å². The highest BCUT2D eigenvalue weighted by molar-refractivity contribution is 9.10. The minimum atomic E-state index is -0.248. The maximum Gasteiger partial charge on any atom is 0.177 e. The number of Topliss-reactive ketones (excluding diaryl/α,β-unsaturated/α-hetero) is 1. The number of rotatable bonds is 2. The summed E-state index contributed by atoms with van der Waals surface area (Å²) >= 11 is 3.18. The molecule has 1 aromatic carbocycles. The van der Waals surface area contributed by atoms with Crippen molar-refractivity contribution in [3.8, 4) is 6.07 Å². The van der Waals surface area contributed by atoms with Gasteiger partial charge in [-0.2, -0.15) is 5.26 Å². The lowest BCUT2D eigenvalue weighted by atomic mass is 10.0. The lowest BCUT2D eigenvalue weighted by molar-refractivity contribution is 0.0995. The molecule has 0 aliphatic heterocycles. The first-order chi connectivity index (χ1) is 6.16. The van der Waals surface area contributed by atoms with E-state index in [0.717, 1.165) is 0 Å². The summed E-state index contributed by atoms with van der Waals surface area (Å²) in [5, 5.41) is 8.73. The fourth-order valence-corrected chi connectivity index (χ4v) is 1.26. The van der Waals surface area contributed by atoms with E-state index in [4.69, 9.17) is 5.26 Å². The van der Waals surface area contributed by atoms with E-state index in [1.54, 1.807) is 31.2 Å². The molecule has 1 rings (SSSR count). The Morgan fingerprint density at radius 2 is 2.15 bits per heavy atom. The number of carbonyl (C=O) groups is 1. The van der Waals surface area contributed by atoms with E-state index in [9.17, 15) is 4.79 Å². The zero-order valence-corrected chi connectivity index (χ0v) is 8.71. The summed E-state index contributed by atoms with van der Waals surface area (Å²) in [5.41, 5.74) is 0.910. The maximum atomic E-state index is 11.5. The molecule has 1 unspecified atom stereocenters. The van der Waals surface area contributed by atoms with Crippen molar-refractivity contribution >= 4 is 21.7 Å². The van der Waals surface area contributed by atoms with E-state index in [0.29, 0.717) is 11.1 Å². The van der Waals surface area contributed by atoms with Crippen LogP contribution in [0.2, 0.25) is 0 Å². The average Bonchev–Trinajstić information content (AvgIpc) is 2.16. The van der Waals surface area contributed by atoms with Gasteiger partial charge in [-0.3, -0.25) is 4.79 Å². The number of hydrogen-bond donors (Lipinski definition) is 0. The van der Waals surface area contributed by atoms with Gasteiger partial charge in [0.1, 0.15) is 0 Å². The van der Waals surface area contributed by atoms with Crippen LogP contribution in [0.15, 0.2) is 24.3 Å². The van der Waals surface area contributed by atoms with Crippen molar-refractivity contribution in [2.75, 3.05) is 0 Å². The highest BCUT2D eigenvalue weighted by atomic mass is 79.9. The van der Waals surface area contributed by atoms with Gasteiger partial charge in [0.25, 0.3) is 0 Å². The molecule has 0 saturated heterocycles. The van der Waals surface area contributed by atoms with Gasteiger partial charge in [0.15, 0.2) is 5.78 Å². The number of nitrogens with zero attached hydrogens (tertiary/aromatic N) is 1. The average molecular weight is 238 g/mol. The third kappa shape index (κ3) is 2.16. The summed E-state index contributed by atoms with van der Waals surface area (Å²) < 4.78 is 0. The Hall–Kier alpha value is -1.14. The van der Waals surface area contributed by atoms with Gasteiger partial charge in [-0.1, -0.05) is 34.1 Å². The Kier molecular flexibility index (Phi) is 3.21. The highest BCUT2D eigenvalue weighted by Gasteiger charge is 2.14. The van der Waals surface area contributed by atoms with Crippen LogP contribution in [-0.4, -0.2) is 10.6 Å². The lowest BCUT2D eigenvalue weighted by Gasteiger charge is -2.03. The van der Waals surface area contributed by atoms with Crippen LogP contribution >= 0.6 is 15.9 Å². The van der Waals surface area contributed by atoms with Gasteiger partial charge in [-0.05, 0) is 13.0 Å². The quantitative estimate of drug-likeness (QED) is 0.586. The van der Waals surface area contributed by atoms with Crippen LogP contribution in [0.1, 0.15) is 22.8 Å². The SMILES string of the molecule is CC(Br)C(=O)c1ccccc1C#N. The smallest absolute Gasteiger partial charge is 0.177 e. The van der Waals surface area contributed by atoms with Crippen molar-refractivity contribution in [1.29, 1.82) is 5.26 Å². The highest BCUT2D eigenvalue weighted by Crippen LogP contribution is 2.13. The summed E-state index contributed by atoms with van der Waals surface area (Å²) in [4.78, 5) is 11.3. The van der Waals surface area contributed by atoms with Crippen molar-refractivity contribution < 1.29 is 4.79 Å². The fourth-order valence-electron chi connectivity index (χ4n) is 1.01. The molecule has 0 radical (unpaired) electrons. The molecule has 1 aromatic rings. The maximum absolute atomic E-state index is 11.5. The largest absolute Gasteiger partial charge is 0.293 e.